The Labute approximate surface area is 197 Å². The summed E-state index contributed by atoms with van der Waals surface area (Å²) < 4.78 is 11.3. The summed E-state index contributed by atoms with van der Waals surface area (Å²) in [7, 11) is 1.66. The summed E-state index contributed by atoms with van der Waals surface area (Å²) in [5.41, 5.74) is 1.63. The number of ether oxygens (including phenoxy) is 2. The van der Waals surface area contributed by atoms with Gasteiger partial charge in [-0.3, -0.25) is 0 Å². The molecule has 0 aliphatic carbocycles. The van der Waals surface area contributed by atoms with E-state index in [2.05, 4.69) is 4.90 Å². The van der Waals surface area contributed by atoms with E-state index in [1.165, 1.54) is 38.9 Å². The van der Waals surface area contributed by atoms with E-state index in [4.69, 9.17) is 9.47 Å². The van der Waals surface area contributed by atoms with Gasteiger partial charge in [-0.1, -0.05) is 54.6 Å². The maximum atomic E-state index is 11.9. The second kappa shape index (κ2) is 11.4. The molecule has 1 aliphatic heterocycles. The van der Waals surface area contributed by atoms with Crippen molar-refractivity contribution in [2.75, 3.05) is 33.4 Å². The van der Waals surface area contributed by atoms with E-state index in [-0.39, 0.29) is 0 Å². The van der Waals surface area contributed by atoms with Gasteiger partial charge >= 0.3 is 0 Å². The molecule has 174 valence electrons. The molecule has 1 fully saturated rings. The van der Waals surface area contributed by atoms with Crippen LogP contribution in [0.25, 0.3) is 0 Å². The van der Waals surface area contributed by atoms with Gasteiger partial charge in [0.05, 0.1) is 13.7 Å². The fraction of sp³-hybridized carbons (Fsp3) is 0.379. The Morgan fingerprint density at radius 2 is 1.42 bits per heavy atom. The predicted molar refractivity (Wildman–Crippen MR) is 133 cm³/mol. The van der Waals surface area contributed by atoms with Crippen LogP contribution >= 0.6 is 0 Å². The first-order valence-corrected chi connectivity index (χ1v) is 12.0. The highest BCUT2D eigenvalue weighted by Crippen LogP contribution is 2.34. The predicted octanol–water partition coefficient (Wildman–Crippen LogP) is 5.43. The van der Waals surface area contributed by atoms with E-state index >= 15 is 0 Å². The molecule has 0 amide bonds. The molecule has 4 rings (SSSR count). The molecule has 1 heterocycles. The van der Waals surface area contributed by atoms with Crippen LogP contribution in [-0.4, -0.2) is 43.4 Å². The maximum absolute atomic E-state index is 11.9. The Kier molecular flexibility index (Phi) is 8.03. The summed E-state index contributed by atoms with van der Waals surface area (Å²) in [5, 5.41) is 11.9. The molecule has 1 atom stereocenters. The van der Waals surface area contributed by atoms with Gasteiger partial charge in [0, 0.05) is 6.42 Å². The maximum Gasteiger partial charge on any atom is 0.119 e. The standard InChI is InChI=1S/C29H35NO3/c1-32-27-15-11-24(12-16-27)23-29(31,25-9-3-2-4-10-25)26-13-17-28(18-14-26)33-22-8-7-21-30-19-5-6-20-30/h2-4,9-18,31H,5-8,19-23H2,1H3. The van der Waals surface area contributed by atoms with Crippen molar-refractivity contribution in [1.82, 2.24) is 4.90 Å². The van der Waals surface area contributed by atoms with E-state index in [1.807, 2.05) is 78.9 Å². The summed E-state index contributed by atoms with van der Waals surface area (Å²) in [4.78, 5) is 2.54. The number of likely N-dealkylation sites (tertiary alicyclic amines) is 1. The lowest BCUT2D eigenvalue weighted by molar-refractivity contribution is 0.0810. The number of nitrogens with zero attached hydrogens (tertiary/aromatic N) is 1. The number of unbranched alkanes of at least 4 members (excludes halogenated alkanes) is 1. The molecule has 1 saturated heterocycles. The lowest BCUT2D eigenvalue weighted by Gasteiger charge is -2.30. The molecule has 1 unspecified atom stereocenters. The Morgan fingerprint density at radius 1 is 0.788 bits per heavy atom. The second-order valence-electron chi connectivity index (χ2n) is 8.88. The van der Waals surface area contributed by atoms with E-state index in [0.717, 1.165) is 41.2 Å². The van der Waals surface area contributed by atoms with Crippen LogP contribution in [0.1, 0.15) is 42.4 Å². The summed E-state index contributed by atoms with van der Waals surface area (Å²) >= 11 is 0. The lowest BCUT2D eigenvalue weighted by atomic mass is 9.81. The van der Waals surface area contributed by atoms with Crippen LogP contribution in [0.2, 0.25) is 0 Å². The van der Waals surface area contributed by atoms with Crippen LogP contribution < -0.4 is 9.47 Å². The van der Waals surface area contributed by atoms with Crippen molar-refractivity contribution >= 4 is 0 Å². The average molecular weight is 446 g/mol. The van der Waals surface area contributed by atoms with Crippen LogP contribution in [0.5, 0.6) is 11.5 Å². The summed E-state index contributed by atoms with van der Waals surface area (Å²) in [6.45, 7) is 4.41. The molecule has 4 nitrogen and oxygen atoms in total. The fourth-order valence-corrected chi connectivity index (χ4v) is 4.58. The Balaban J connectivity index is 1.41. The van der Waals surface area contributed by atoms with Gasteiger partial charge in [0.15, 0.2) is 0 Å². The van der Waals surface area contributed by atoms with Crippen molar-refractivity contribution in [3.63, 3.8) is 0 Å². The van der Waals surface area contributed by atoms with Gasteiger partial charge in [-0.2, -0.15) is 0 Å². The molecule has 33 heavy (non-hydrogen) atoms. The highest BCUT2D eigenvalue weighted by molar-refractivity contribution is 5.41. The van der Waals surface area contributed by atoms with Crippen molar-refractivity contribution in [1.29, 1.82) is 0 Å². The molecule has 0 spiro atoms. The third-order valence-corrected chi connectivity index (χ3v) is 6.54. The van der Waals surface area contributed by atoms with Gasteiger partial charge in [-0.25, -0.2) is 0 Å². The van der Waals surface area contributed by atoms with Crippen molar-refractivity contribution in [3.8, 4) is 11.5 Å². The highest BCUT2D eigenvalue weighted by atomic mass is 16.5. The van der Waals surface area contributed by atoms with E-state index in [1.54, 1.807) is 7.11 Å². The minimum Gasteiger partial charge on any atom is -0.497 e. The van der Waals surface area contributed by atoms with Crippen molar-refractivity contribution in [2.45, 2.75) is 37.7 Å². The molecule has 3 aromatic rings. The number of benzene rings is 3. The number of hydrogen-bond acceptors (Lipinski definition) is 4. The zero-order chi connectivity index (χ0) is 22.9. The topological polar surface area (TPSA) is 41.9 Å². The molecule has 1 N–H and O–H groups in total. The zero-order valence-corrected chi connectivity index (χ0v) is 19.6. The minimum absolute atomic E-state index is 0.470. The number of methoxy groups -OCH3 is 1. The molecule has 0 bridgehead atoms. The monoisotopic (exact) mass is 445 g/mol. The smallest absolute Gasteiger partial charge is 0.119 e. The summed E-state index contributed by atoms with van der Waals surface area (Å²) in [6.07, 6.45) is 5.39. The van der Waals surface area contributed by atoms with Crippen LogP contribution in [-0.2, 0) is 12.0 Å². The van der Waals surface area contributed by atoms with Crippen LogP contribution in [0.15, 0.2) is 78.9 Å². The van der Waals surface area contributed by atoms with Gasteiger partial charge < -0.3 is 19.5 Å². The first kappa shape index (κ1) is 23.3. The molecular weight excluding hydrogens is 410 g/mol. The summed E-state index contributed by atoms with van der Waals surface area (Å²) in [5.74, 6) is 1.66. The first-order chi connectivity index (χ1) is 16.2. The van der Waals surface area contributed by atoms with Crippen molar-refractivity contribution in [2.24, 2.45) is 0 Å². The Morgan fingerprint density at radius 3 is 2.09 bits per heavy atom. The number of hydrogen-bond donors (Lipinski definition) is 1. The third kappa shape index (κ3) is 6.16. The van der Waals surface area contributed by atoms with Gasteiger partial charge in [0.1, 0.15) is 17.1 Å². The van der Waals surface area contributed by atoms with Crippen molar-refractivity contribution < 1.29 is 14.6 Å². The second-order valence-corrected chi connectivity index (χ2v) is 8.88. The summed E-state index contributed by atoms with van der Waals surface area (Å²) in [6, 6.07) is 25.6. The Hall–Kier alpha value is -2.82. The molecule has 0 saturated carbocycles. The molecule has 1 aliphatic rings. The van der Waals surface area contributed by atoms with Crippen LogP contribution in [0, 0.1) is 0 Å². The highest BCUT2D eigenvalue weighted by Gasteiger charge is 2.32. The van der Waals surface area contributed by atoms with E-state index < -0.39 is 5.60 Å². The molecule has 0 radical (unpaired) electrons. The normalized spacial score (nSPS) is 15.8. The third-order valence-electron chi connectivity index (χ3n) is 6.54. The SMILES string of the molecule is COc1ccc(CC(O)(c2ccccc2)c2ccc(OCCCCN3CCCC3)cc2)cc1. The van der Waals surface area contributed by atoms with E-state index in [0.29, 0.717) is 6.42 Å². The van der Waals surface area contributed by atoms with Gasteiger partial charge in [-0.05, 0) is 86.3 Å². The van der Waals surface area contributed by atoms with Gasteiger partial charge in [0.25, 0.3) is 0 Å². The molecule has 0 aromatic heterocycles. The largest absolute Gasteiger partial charge is 0.497 e. The number of aliphatic hydroxyl groups is 1. The fourth-order valence-electron chi connectivity index (χ4n) is 4.58. The molecular formula is C29H35NO3. The van der Waals surface area contributed by atoms with Gasteiger partial charge in [0.2, 0.25) is 0 Å². The molecule has 4 heteroatoms. The van der Waals surface area contributed by atoms with Gasteiger partial charge in [-0.15, -0.1) is 0 Å². The Bertz CT molecular complexity index is 966. The minimum atomic E-state index is -1.13. The zero-order valence-electron chi connectivity index (χ0n) is 19.6. The lowest BCUT2D eigenvalue weighted by Crippen LogP contribution is -2.30. The van der Waals surface area contributed by atoms with Crippen LogP contribution in [0.3, 0.4) is 0 Å². The van der Waals surface area contributed by atoms with Crippen molar-refractivity contribution in [3.05, 3.63) is 95.6 Å². The van der Waals surface area contributed by atoms with E-state index in [9.17, 15) is 5.11 Å². The van der Waals surface area contributed by atoms with Crippen LogP contribution in [0.4, 0.5) is 0 Å². The number of rotatable bonds is 11. The average Bonchev–Trinajstić information content (AvgIpc) is 3.39. The quantitative estimate of drug-likeness (QED) is 0.400. The first-order valence-electron chi connectivity index (χ1n) is 12.0. The molecule has 3 aromatic carbocycles.